The van der Waals surface area contributed by atoms with Gasteiger partial charge in [-0.25, -0.2) is 12.8 Å². The lowest BCUT2D eigenvalue weighted by molar-refractivity contribution is -0.0380. The molecular formula is C21H24FN3O5S. The van der Waals surface area contributed by atoms with Crippen molar-refractivity contribution in [1.82, 2.24) is 14.9 Å². The van der Waals surface area contributed by atoms with Gasteiger partial charge in [-0.1, -0.05) is 12.1 Å². The van der Waals surface area contributed by atoms with Gasteiger partial charge in [0.1, 0.15) is 5.82 Å². The summed E-state index contributed by atoms with van der Waals surface area (Å²) in [6, 6.07) is 7.88. The summed E-state index contributed by atoms with van der Waals surface area (Å²) in [7, 11) is -2.57. The lowest BCUT2D eigenvalue weighted by Gasteiger charge is -2.17. The monoisotopic (exact) mass is 449 g/mol. The number of hydrogen-bond donors (Lipinski definition) is 4. The number of nitrogens with one attached hydrogen (secondary N) is 1. The minimum absolute atomic E-state index is 0.141. The zero-order valence-electron chi connectivity index (χ0n) is 16.9. The molecule has 0 bridgehead atoms. The van der Waals surface area contributed by atoms with E-state index in [9.17, 15) is 27.8 Å². The summed E-state index contributed by atoms with van der Waals surface area (Å²) in [5, 5.41) is 21.7. The summed E-state index contributed by atoms with van der Waals surface area (Å²) >= 11 is 0. The second kappa shape index (κ2) is 10.1. The average molecular weight is 450 g/mol. The minimum atomic E-state index is -2.57. The normalized spacial score (nSPS) is 11.7. The number of thiol groups is 1. The van der Waals surface area contributed by atoms with Crippen LogP contribution in [0.1, 0.15) is 22.3 Å². The average Bonchev–Trinajstić information content (AvgIpc) is 2.72. The zero-order valence-corrected chi connectivity index (χ0v) is 17.8. The van der Waals surface area contributed by atoms with Gasteiger partial charge in [-0.05, 0) is 48.2 Å². The van der Waals surface area contributed by atoms with Crippen LogP contribution in [-0.2, 0) is 30.1 Å². The third kappa shape index (κ3) is 5.73. The van der Waals surface area contributed by atoms with Gasteiger partial charge in [0.2, 0.25) is 0 Å². The van der Waals surface area contributed by atoms with E-state index in [1.165, 1.54) is 16.7 Å². The van der Waals surface area contributed by atoms with Gasteiger partial charge in [0, 0.05) is 31.3 Å². The van der Waals surface area contributed by atoms with Crippen LogP contribution in [0.15, 0.2) is 41.3 Å². The predicted molar refractivity (Wildman–Crippen MR) is 115 cm³/mol. The van der Waals surface area contributed by atoms with Gasteiger partial charge in [-0.15, -0.1) is 0 Å². The van der Waals surface area contributed by atoms with Crippen molar-refractivity contribution in [3.63, 3.8) is 0 Å². The van der Waals surface area contributed by atoms with Crippen molar-refractivity contribution in [3.05, 3.63) is 75.0 Å². The Balaban J connectivity index is 2.06. The molecule has 0 fully saturated rings. The number of pyridine rings is 2. The lowest BCUT2D eigenvalue weighted by Crippen LogP contribution is -2.31. The van der Waals surface area contributed by atoms with Crippen molar-refractivity contribution >= 4 is 21.7 Å². The van der Waals surface area contributed by atoms with Gasteiger partial charge in [0.05, 0.1) is 16.9 Å². The maximum absolute atomic E-state index is 13.2. The Bertz CT molecular complexity index is 1200. The van der Waals surface area contributed by atoms with Crippen molar-refractivity contribution in [1.29, 1.82) is 0 Å². The third-order valence-electron chi connectivity index (χ3n) is 4.98. The molecule has 2 heterocycles. The number of rotatable bonds is 9. The van der Waals surface area contributed by atoms with Crippen LogP contribution < -0.4 is 10.9 Å². The Morgan fingerprint density at radius 1 is 1.19 bits per heavy atom. The molecule has 3 rings (SSSR count). The second-order valence-electron chi connectivity index (χ2n) is 7.25. The summed E-state index contributed by atoms with van der Waals surface area (Å²) in [4.78, 5) is 17.5. The van der Waals surface area contributed by atoms with Crippen LogP contribution in [0.4, 0.5) is 4.39 Å². The van der Waals surface area contributed by atoms with Gasteiger partial charge in [-0.2, -0.15) is 0 Å². The maximum Gasteiger partial charge on any atom is 0.254 e. The summed E-state index contributed by atoms with van der Waals surface area (Å²) in [6.07, 6.45) is 0.344. The Morgan fingerprint density at radius 2 is 1.90 bits per heavy atom. The molecule has 0 aliphatic heterocycles. The van der Waals surface area contributed by atoms with Gasteiger partial charge in [0.15, 0.2) is 17.0 Å². The first-order valence-corrected chi connectivity index (χ1v) is 11.1. The van der Waals surface area contributed by atoms with E-state index in [1.54, 1.807) is 31.3 Å². The zero-order chi connectivity index (χ0) is 22.5. The minimum Gasteiger partial charge on any atom is -0.368 e. The Hall–Kier alpha value is -2.66. The van der Waals surface area contributed by atoms with Crippen LogP contribution >= 0.6 is 0 Å². The topological polar surface area (TPSA) is 122 Å². The number of aliphatic hydroxyl groups excluding tert-OH is 1. The van der Waals surface area contributed by atoms with E-state index in [4.69, 9.17) is 0 Å². The van der Waals surface area contributed by atoms with Crippen LogP contribution in [0.5, 0.6) is 0 Å². The summed E-state index contributed by atoms with van der Waals surface area (Å²) < 4.78 is 36.2. The number of hydrogen-bond acceptors (Lipinski definition) is 7. The fourth-order valence-corrected chi connectivity index (χ4v) is 3.84. The van der Waals surface area contributed by atoms with Crippen molar-refractivity contribution in [2.45, 2.75) is 32.6 Å². The SMILES string of the molecule is Cc1c(CC(O)O)c2ncc(Cc3ccc(F)cc3)cc2n(CCNC[SH](=O)=O)c1=O. The Morgan fingerprint density at radius 3 is 2.55 bits per heavy atom. The van der Waals surface area contributed by atoms with E-state index >= 15 is 0 Å². The summed E-state index contributed by atoms with van der Waals surface area (Å²) in [5.41, 5.74) is 3.15. The molecule has 0 amide bonds. The fourth-order valence-electron chi connectivity index (χ4n) is 3.50. The highest BCUT2D eigenvalue weighted by atomic mass is 32.2. The highest BCUT2D eigenvalue weighted by molar-refractivity contribution is 7.72. The molecule has 0 radical (unpaired) electrons. The Labute approximate surface area is 179 Å². The van der Waals surface area contributed by atoms with Gasteiger partial charge < -0.3 is 20.1 Å². The molecule has 0 spiro atoms. The molecule has 2 aromatic heterocycles. The molecule has 1 aromatic carbocycles. The third-order valence-corrected chi connectivity index (χ3v) is 5.46. The van der Waals surface area contributed by atoms with Crippen molar-refractivity contribution in [2.24, 2.45) is 0 Å². The first kappa shape index (κ1) is 23.0. The van der Waals surface area contributed by atoms with Crippen LogP contribution in [0.25, 0.3) is 11.0 Å². The molecule has 0 aliphatic rings. The number of aliphatic hydroxyl groups is 2. The molecule has 0 unspecified atom stereocenters. The van der Waals surface area contributed by atoms with Gasteiger partial charge in [0.25, 0.3) is 5.56 Å². The summed E-state index contributed by atoms with van der Waals surface area (Å²) in [5.74, 6) is -0.520. The Kier molecular flexibility index (Phi) is 7.50. The standard InChI is InChI=1S/C21H24FN3O5S/c1-13-17(10-19(26)27)20-18(25(21(13)28)7-6-23-12-31(29)30)9-15(11-24-20)8-14-2-4-16(22)5-3-14/h2-5,9,11,19,23,26-27,31H,6-8,10,12H2,1H3. The molecule has 0 atom stereocenters. The van der Waals surface area contributed by atoms with E-state index < -0.39 is 17.0 Å². The first-order valence-electron chi connectivity index (χ1n) is 9.70. The molecular weight excluding hydrogens is 425 g/mol. The molecule has 31 heavy (non-hydrogen) atoms. The number of fused-ring (bicyclic) bond motifs is 1. The second-order valence-corrected chi connectivity index (χ2v) is 8.23. The van der Waals surface area contributed by atoms with Crippen molar-refractivity contribution in [2.75, 3.05) is 12.4 Å². The lowest BCUT2D eigenvalue weighted by atomic mass is 10.0. The fraction of sp³-hybridized carbons (Fsp3) is 0.333. The molecule has 8 nitrogen and oxygen atoms in total. The van der Waals surface area contributed by atoms with Crippen LogP contribution in [0, 0.1) is 12.7 Å². The quantitative estimate of drug-likeness (QED) is 0.213. The van der Waals surface area contributed by atoms with Crippen molar-refractivity contribution in [3.8, 4) is 0 Å². The molecule has 166 valence electrons. The molecule has 10 heteroatoms. The molecule has 3 aromatic rings. The van der Waals surface area contributed by atoms with E-state index in [0.29, 0.717) is 28.6 Å². The molecule has 0 saturated heterocycles. The number of nitrogens with zero attached hydrogens (tertiary/aromatic N) is 2. The summed E-state index contributed by atoms with van der Waals surface area (Å²) in [6.45, 7) is 2.07. The first-order chi connectivity index (χ1) is 14.8. The highest BCUT2D eigenvalue weighted by Gasteiger charge is 2.17. The van der Waals surface area contributed by atoms with E-state index in [2.05, 4.69) is 10.3 Å². The van der Waals surface area contributed by atoms with E-state index in [1.807, 2.05) is 0 Å². The van der Waals surface area contributed by atoms with Crippen LogP contribution in [0.3, 0.4) is 0 Å². The van der Waals surface area contributed by atoms with E-state index in [0.717, 1.165) is 11.1 Å². The maximum atomic E-state index is 13.2. The van der Waals surface area contributed by atoms with Crippen LogP contribution in [0.2, 0.25) is 0 Å². The largest absolute Gasteiger partial charge is 0.368 e. The molecule has 0 saturated carbocycles. The van der Waals surface area contributed by atoms with Crippen molar-refractivity contribution < 1.29 is 23.0 Å². The number of aromatic nitrogens is 2. The van der Waals surface area contributed by atoms with E-state index in [-0.39, 0.29) is 36.8 Å². The molecule has 0 aliphatic carbocycles. The molecule has 3 N–H and O–H groups in total. The van der Waals surface area contributed by atoms with Crippen LogP contribution in [-0.4, -0.2) is 46.9 Å². The smallest absolute Gasteiger partial charge is 0.254 e. The van der Waals surface area contributed by atoms with Gasteiger partial charge >= 0.3 is 0 Å². The number of halogens is 1. The number of benzene rings is 1. The highest BCUT2D eigenvalue weighted by Crippen LogP contribution is 2.22. The van der Waals surface area contributed by atoms with Gasteiger partial charge in [-0.3, -0.25) is 9.78 Å². The predicted octanol–water partition coefficient (Wildman–Crippen LogP) is 0.447.